The van der Waals surface area contributed by atoms with Crippen LogP contribution in [0.5, 0.6) is 0 Å². The van der Waals surface area contributed by atoms with Gasteiger partial charge in [-0.05, 0) is 37.6 Å². The first-order valence-corrected chi connectivity index (χ1v) is 6.23. The minimum Gasteiger partial charge on any atom is -0.313 e. The average Bonchev–Trinajstić information content (AvgIpc) is 2.28. The highest BCUT2D eigenvalue weighted by atomic mass is 35.5. The van der Waals surface area contributed by atoms with Gasteiger partial charge < -0.3 is 5.32 Å². The molecule has 1 aromatic carbocycles. The largest absolute Gasteiger partial charge is 0.313 e. The molecule has 0 saturated heterocycles. The SMILES string of the molecule is CCC(Cl)CCNCc1cc(Cl)ccc1F. The first kappa shape index (κ1) is 13.8. The molecule has 0 fully saturated rings. The van der Waals surface area contributed by atoms with Gasteiger partial charge in [-0.25, -0.2) is 4.39 Å². The van der Waals surface area contributed by atoms with E-state index in [9.17, 15) is 4.39 Å². The van der Waals surface area contributed by atoms with Gasteiger partial charge >= 0.3 is 0 Å². The zero-order valence-corrected chi connectivity index (χ0v) is 10.8. The zero-order chi connectivity index (χ0) is 12.0. The van der Waals surface area contributed by atoms with E-state index in [0.717, 1.165) is 19.4 Å². The molecular formula is C12H16Cl2FN. The van der Waals surface area contributed by atoms with Gasteiger partial charge in [0.15, 0.2) is 0 Å². The third-order valence-electron chi connectivity index (χ3n) is 2.40. The minimum atomic E-state index is -0.227. The third-order valence-corrected chi connectivity index (χ3v) is 3.16. The van der Waals surface area contributed by atoms with Crippen LogP contribution in [0.25, 0.3) is 0 Å². The molecule has 0 saturated carbocycles. The molecule has 0 aliphatic carbocycles. The van der Waals surface area contributed by atoms with Gasteiger partial charge in [0.25, 0.3) is 0 Å². The molecule has 16 heavy (non-hydrogen) atoms. The van der Waals surface area contributed by atoms with E-state index >= 15 is 0 Å². The fraction of sp³-hybridized carbons (Fsp3) is 0.500. The number of rotatable bonds is 6. The predicted octanol–water partition coefficient (Wildman–Crippen LogP) is 3.98. The minimum absolute atomic E-state index is 0.191. The summed E-state index contributed by atoms with van der Waals surface area (Å²) in [6.07, 6.45) is 1.84. The Balaban J connectivity index is 2.34. The summed E-state index contributed by atoms with van der Waals surface area (Å²) in [4.78, 5) is 0. The summed E-state index contributed by atoms with van der Waals surface area (Å²) < 4.78 is 13.3. The topological polar surface area (TPSA) is 12.0 Å². The maximum absolute atomic E-state index is 13.3. The summed E-state index contributed by atoms with van der Waals surface area (Å²) in [5, 5.41) is 3.90. The molecule has 0 amide bonds. The van der Waals surface area contributed by atoms with Crippen LogP contribution in [-0.4, -0.2) is 11.9 Å². The van der Waals surface area contributed by atoms with Crippen molar-refractivity contribution < 1.29 is 4.39 Å². The van der Waals surface area contributed by atoms with E-state index in [2.05, 4.69) is 5.32 Å². The summed E-state index contributed by atoms with van der Waals surface area (Å²) in [5.41, 5.74) is 0.593. The highest BCUT2D eigenvalue weighted by Gasteiger charge is 2.03. The Kier molecular flexibility index (Phi) is 6.10. The number of alkyl halides is 1. The van der Waals surface area contributed by atoms with Gasteiger partial charge in [-0.2, -0.15) is 0 Å². The molecule has 4 heteroatoms. The quantitative estimate of drug-likeness (QED) is 0.605. The number of benzene rings is 1. The van der Waals surface area contributed by atoms with Gasteiger partial charge in [0, 0.05) is 22.5 Å². The average molecular weight is 264 g/mol. The molecule has 90 valence electrons. The van der Waals surface area contributed by atoms with E-state index in [1.54, 1.807) is 12.1 Å². The van der Waals surface area contributed by atoms with Crippen molar-refractivity contribution in [3.63, 3.8) is 0 Å². The summed E-state index contributed by atoms with van der Waals surface area (Å²) >= 11 is 11.8. The lowest BCUT2D eigenvalue weighted by Gasteiger charge is -2.08. The molecule has 0 aliphatic heterocycles. The summed E-state index contributed by atoms with van der Waals surface area (Å²) in [6.45, 7) is 3.32. The van der Waals surface area contributed by atoms with E-state index in [0.29, 0.717) is 17.1 Å². The van der Waals surface area contributed by atoms with Crippen LogP contribution in [0.15, 0.2) is 18.2 Å². The van der Waals surface area contributed by atoms with Crippen LogP contribution in [-0.2, 0) is 6.54 Å². The van der Waals surface area contributed by atoms with E-state index in [1.165, 1.54) is 6.07 Å². The molecular weight excluding hydrogens is 248 g/mol. The number of halogens is 3. The molecule has 0 bridgehead atoms. The summed E-state index contributed by atoms with van der Waals surface area (Å²) in [6, 6.07) is 4.57. The lowest BCUT2D eigenvalue weighted by Crippen LogP contribution is -2.18. The summed E-state index contributed by atoms with van der Waals surface area (Å²) in [7, 11) is 0. The monoisotopic (exact) mass is 263 g/mol. The smallest absolute Gasteiger partial charge is 0.127 e. The fourth-order valence-corrected chi connectivity index (χ4v) is 1.67. The second kappa shape index (κ2) is 7.10. The van der Waals surface area contributed by atoms with Crippen molar-refractivity contribution >= 4 is 23.2 Å². The number of hydrogen-bond donors (Lipinski definition) is 1. The van der Waals surface area contributed by atoms with Gasteiger partial charge in [-0.1, -0.05) is 18.5 Å². The van der Waals surface area contributed by atoms with Crippen molar-refractivity contribution in [2.24, 2.45) is 0 Å². The van der Waals surface area contributed by atoms with Crippen LogP contribution in [0.3, 0.4) is 0 Å². The normalized spacial score (nSPS) is 12.8. The molecule has 1 rings (SSSR count). The molecule has 1 N–H and O–H groups in total. The van der Waals surface area contributed by atoms with Crippen molar-refractivity contribution in [1.82, 2.24) is 5.32 Å². The Morgan fingerprint density at radius 1 is 1.44 bits per heavy atom. The lowest BCUT2D eigenvalue weighted by atomic mass is 10.2. The van der Waals surface area contributed by atoms with Crippen LogP contribution in [0.2, 0.25) is 5.02 Å². The van der Waals surface area contributed by atoms with Crippen molar-refractivity contribution in [2.45, 2.75) is 31.7 Å². The van der Waals surface area contributed by atoms with Crippen LogP contribution in [0.1, 0.15) is 25.3 Å². The molecule has 0 heterocycles. The molecule has 0 radical (unpaired) electrons. The van der Waals surface area contributed by atoms with Crippen LogP contribution < -0.4 is 5.32 Å². The standard InChI is InChI=1S/C12H16Cl2FN/c1-2-10(13)5-6-16-8-9-7-11(14)3-4-12(9)15/h3-4,7,10,16H,2,5-6,8H2,1H3. The van der Waals surface area contributed by atoms with Crippen molar-refractivity contribution in [3.8, 4) is 0 Å². The van der Waals surface area contributed by atoms with E-state index in [-0.39, 0.29) is 11.2 Å². The number of nitrogens with one attached hydrogen (secondary N) is 1. The van der Waals surface area contributed by atoms with Gasteiger partial charge in [-0.15, -0.1) is 11.6 Å². The molecule has 0 aromatic heterocycles. The Hall–Kier alpha value is -0.310. The Morgan fingerprint density at radius 3 is 2.88 bits per heavy atom. The highest BCUT2D eigenvalue weighted by Crippen LogP contribution is 2.14. The van der Waals surface area contributed by atoms with Gasteiger partial charge in [-0.3, -0.25) is 0 Å². The maximum atomic E-state index is 13.3. The van der Waals surface area contributed by atoms with Crippen molar-refractivity contribution in [2.75, 3.05) is 6.54 Å². The zero-order valence-electron chi connectivity index (χ0n) is 9.27. The van der Waals surface area contributed by atoms with E-state index in [4.69, 9.17) is 23.2 Å². The molecule has 1 nitrogen and oxygen atoms in total. The van der Waals surface area contributed by atoms with Crippen LogP contribution in [0.4, 0.5) is 4.39 Å². The molecule has 0 aliphatic rings. The van der Waals surface area contributed by atoms with Crippen LogP contribution >= 0.6 is 23.2 Å². The van der Waals surface area contributed by atoms with Crippen molar-refractivity contribution in [3.05, 3.63) is 34.6 Å². The lowest BCUT2D eigenvalue weighted by molar-refractivity contribution is 0.575. The predicted molar refractivity (Wildman–Crippen MR) is 67.7 cm³/mol. The molecule has 1 unspecified atom stereocenters. The van der Waals surface area contributed by atoms with Gasteiger partial charge in [0.1, 0.15) is 5.82 Å². The highest BCUT2D eigenvalue weighted by molar-refractivity contribution is 6.30. The fourth-order valence-electron chi connectivity index (χ4n) is 1.36. The summed E-state index contributed by atoms with van der Waals surface area (Å²) in [5.74, 6) is -0.227. The maximum Gasteiger partial charge on any atom is 0.127 e. The Morgan fingerprint density at radius 2 is 2.19 bits per heavy atom. The van der Waals surface area contributed by atoms with Gasteiger partial charge in [0.2, 0.25) is 0 Å². The molecule has 1 atom stereocenters. The molecule has 1 aromatic rings. The second-order valence-electron chi connectivity index (χ2n) is 3.71. The third kappa shape index (κ3) is 4.69. The van der Waals surface area contributed by atoms with E-state index < -0.39 is 0 Å². The van der Waals surface area contributed by atoms with Crippen LogP contribution in [0, 0.1) is 5.82 Å². The Labute approximate surface area is 106 Å². The number of hydrogen-bond acceptors (Lipinski definition) is 1. The van der Waals surface area contributed by atoms with E-state index in [1.807, 2.05) is 6.92 Å². The van der Waals surface area contributed by atoms with Crippen molar-refractivity contribution in [1.29, 1.82) is 0 Å². The Bertz CT molecular complexity index is 331. The first-order valence-electron chi connectivity index (χ1n) is 5.42. The second-order valence-corrected chi connectivity index (χ2v) is 4.76. The first-order chi connectivity index (χ1) is 7.63. The molecule has 0 spiro atoms. The van der Waals surface area contributed by atoms with Gasteiger partial charge in [0.05, 0.1) is 0 Å².